The zero-order chi connectivity index (χ0) is 22.3. The molecule has 1 aromatic rings. The predicted octanol–water partition coefficient (Wildman–Crippen LogP) is 8.01. The second kappa shape index (κ2) is 11.3. The van der Waals surface area contributed by atoms with Crippen LogP contribution in [-0.4, -0.2) is 12.1 Å². The van der Waals surface area contributed by atoms with Gasteiger partial charge in [0.1, 0.15) is 6.10 Å². The molecule has 0 radical (unpaired) electrons. The van der Waals surface area contributed by atoms with E-state index in [2.05, 4.69) is 64.1 Å². The molecular formula is C29H44O2. The van der Waals surface area contributed by atoms with E-state index in [1.54, 1.807) is 0 Å². The smallest absolute Gasteiger partial charge is 0.306 e. The van der Waals surface area contributed by atoms with Crippen LogP contribution in [0.25, 0.3) is 0 Å². The average Bonchev–Trinajstić information content (AvgIpc) is 3.18. The van der Waals surface area contributed by atoms with Crippen LogP contribution in [0, 0.1) is 17.8 Å². The van der Waals surface area contributed by atoms with E-state index in [1.165, 1.54) is 56.1 Å². The Balaban J connectivity index is 1.63. The van der Waals surface area contributed by atoms with Crippen LogP contribution in [0.15, 0.2) is 42.0 Å². The van der Waals surface area contributed by atoms with Gasteiger partial charge in [0, 0.05) is 5.92 Å². The van der Waals surface area contributed by atoms with Crippen molar-refractivity contribution in [3.05, 3.63) is 47.5 Å². The maximum Gasteiger partial charge on any atom is 0.306 e. The molecular weight excluding hydrogens is 380 g/mol. The lowest BCUT2D eigenvalue weighted by Crippen LogP contribution is -2.43. The van der Waals surface area contributed by atoms with Gasteiger partial charge >= 0.3 is 5.97 Å². The summed E-state index contributed by atoms with van der Waals surface area (Å²) in [5.74, 6) is 1.44. The predicted molar refractivity (Wildman–Crippen MR) is 130 cm³/mol. The normalized spacial score (nSPS) is 28.1. The second-order valence-corrected chi connectivity index (χ2v) is 10.7. The molecule has 2 aliphatic carbocycles. The molecule has 1 unspecified atom stereocenters. The van der Waals surface area contributed by atoms with Gasteiger partial charge in [-0.1, -0.05) is 88.9 Å². The highest BCUT2D eigenvalue weighted by molar-refractivity contribution is 5.70. The lowest BCUT2D eigenvalue weighted by Gasteiger charge is -2.44. The summed E-state index contributed by atoms with van der Waals surface area (Å²) in [5.41, 5.74) is 2.87. The molecule has 0 aliphatic heterocycles. The topological polar surface area (TPSA) is 26.3 Å². The minimum atomic E-state index is 0.00401. The van der Waals surface area contributed by atoms with E-state index in [-0.39, 0.29) is 17.5 Å². The Hall–Kier alpha value is -1.57. The summed E-state index contributed by atoms with van der Waals surface area (Å²) in [5, 5.41) is 0. The Morgan fingerprint density at radius 1 is 1.13 bits per heavy atom. The van der Waals surface area contributed by atoms with Crippen molar-refractivity contribution in [2.24, 2.45) is 17.8 Å². The Kier molecular flexibility index (Phi) is 8.81. The fraction of sp³-hybridized carbons (Fsp3) is 0.690. The third-order valence-electron chi connectivity index (χ3n) is 7.95. The van der Waals surface area contributed by atoms with Gasteiger partial charge in [0.25, 0.3) is 0 Å². The molecule has 172 valence electrons. The Bertz CT molecular complexity index is 718. The van der Waals surface area contributed by atoms with Gasteiger partial charge in [-0.3, -0.25) is 4.79 Å². The van der Waals surface area contributed by atoms with E-state index in [1.807, 2.05) is 0 Å². The highest BCUT2D eigenvalue weighted by Crippen LogP contribution is 2.44. The number of allylic oxidation sites excluding steroid dienone is 2. The first-order valence-electron chi connectivity index (χ1n) is 12.9. The van der Waals surface area contributed by atoms with Crippen LogP contribution in [-0.2, 0) is 14.9 Å². The summed E-state index contributed by atoms with van der Waals surface area (Å²) < 4.78 is 6.27. The van der Waals surface area contributed by atoms with E-state index in [0.29, 0.717) is 24.2 Å². The van der Waals surface area contributed by atoms with Gasteiger partial charge in [0.05, 0.1) is 6.42 Å². The van der Waals surface area contributed by atoms with E-state index in [4.69, 9.17) is 4.74 Å². The van der Waals surface area contributed by atoms with E-state index < -0.39 is 0 Å². The van der Waals surface area contributed by atoms with Crippen LogP contribution in [0.4, 0.5) is 0 Å². The highest BCUT2D eigenvalue weighted by atomic mass is 16.5. The Morgan fingerprint density at radius 3 is 2.65 bits per heavy atom. The summed E-state index contributed by atoms with van der Waals surface area (Å²) in [4.78, 5) is 13.1. The number of benzene rings is 1. The van der Waals surface area contributed by atoms with Crippen LogP contribution < -0.4 is 0 Å². The van der Waals surface area contributed by atoms with Gasteiger partial charge in [-0.15, -0.1) is 0 Å². The SMILES string of the molecule is CCCCC/C=C1\CCCC1CC(=O)O[C@@H]1C[C@H](C)CC[C@H]1C(C)(C)c1ccccc1. The van der Waals surface area contributed by atoms with E-state index in [9.17, 15) is 4.79 Å². The summed E-state index contributed by atoms with van der Waals surface area (Å²) in [6.07, 6.45) is 14.9. The maximum atomic E-state index is 13.1. The van der Waals surface area contributed by atoms with Crippen molar-refractivity contribution in [1.29, 1.82) is 0 Å². The van der Waals surface area contributed by atoms with E-state index >= 15 is 0 Å². The number of esters is 1. The second-order valence-electron chi connectivity index (χ2n) is 10.7. The largest absolute Gasteiger partial charge is 0.462 e. The number of carbonyl (C=O) groups is 1. The number of carbonyl (C=O) groups excluding carboxylic acids is 1. The molecule has 2 nitrogen and oxygen atoms in total. The summed E-state index contributed by atoms with van der Waals surface area (Å²) in [7, 11) is 0. The first-order chi connectivity index (χ1) is 14.9. The average molecular weight is 425 g/mol. The van der Waals surface area contributed by atoms with Crippen molar-refractivity contribution in [2.45, 2.75) is 110 Å². The monoisotopic (exact) mass is 424 g/mol. The number of rotatable bonds is 9. The zero-order valence-corrected chi connectivity index (χ0v) is 20.4. The first-order valence-corrected chi connectivity index (χ1v) is 12.9. The quantitative estimate of drug-likeness (QED) is 0.228. The van der Waals surface area contributed by atoms with Crippen molar-refractivity contribution in [1.82, 2.24) is 0 Å². The van der Waals surface area contributed by atoms with Crippen molar-refractivity contribution in [2.75, 3.05) is 0 Å². The molecule has 1 aromatic carbocycles. The lowest BCUT2D eigenvalue weighted by atomic mass is 9.64. The number of ether oxygens (including phenoxy) is 1. The maximum absolute atomic E-state index is 13.1. The fourth-order valence-corrected chi connectivity index (χ4v) is 5.91. The molecule has 0 aromatic heterocycles. The molecule has 31 heavy (non-hydrogen) atoms. The molecule has 2 aliphatic rings. The molecule has 0 N–H and O–H groups in total. The molecule has 0 spiro atoms. The number of hydrogen-bond acceptors (Lipinski definition) is 2. The van der Waals surface area contributed by atoms with Crippen LogP contribution in [0.1, 0.15) is 104 Å². The van der Waals surface area contributed by atoms with Crippen LogP contribution >= 0.6 is 0 Å². The number of unbranched alkanes of at least 4 members (excludes halogenated alkanes) is 3. The third-order valence-corrected chi connectivity index (χ3v) is 7.95. The number of hydrogen-bond donors (Lipinski definition) is 0. The van der Waals surface area contributed by atoms with Gasteiger partial charge in [0.15, 0.2) is 0 Å². The van der Waals surface area contributed by atoms with Gasteiger partial charge in [0.2, 0.25) is 0 Å². The summed E-state index contributed by atoms with van der Waals surface area (Å²) in [6.45, 7) is 9.22. The first kappa shape index (κ1) is 24.1. The summed E-state index contributed by atoms with van der Waals surface area (Å²) in [6, 6.07) is 10.8. The molecule has 2 saturated carbocycles. The zero-order valence-electron chi connectivity index (χ0n) is 20.4. The molecule has 3 rings (SSSR count). The standard InChI is InChI=1S/C29H44O2/c1-5-6-7-9-13-23-14-12-15-24(23)21-28(30)31-27-20-22(2)18-19-26(27)29(3,4)25-16-10-8-11-17-25/h8,10-11,13,16-17,22,24,26-27H,5-7,9,12,14-15,18-21H2,1-4H3/b23-13+/t22-,24?,26-,27-/m1/s1. The van der Waals surface area contributed by atoms with Gasteiger partial charge in [-0.2, -0.15) is 0 Å². The molecule has 0 saturated heterocycles. The van der Waals surface area contributed by atoms with Crippen LogP contribution in [0.2, 0.25) is 0 Å². The van der Waals surface area contributed by atoms with E-state index in [0.717, 1.165) is 19.3 Å². The minimum Gasteiger partial charge on any atom is -0.462 e. The Morgan fingerprint density at radius 2 is 1.90 bits per heavy atom. The molecule has 4 atom stereocenters. The van der Waals surface area contributed by atoms with Gasteiger partial charge in [-0.05, 0) is 67.8 Å². The third kappa shape index (κ3) is 6.46. The molecule has 2 fully saturated rings. The Labute approximate surface area is 190 Å². The van der Waals surface area contributed by atoms with Gasteiger partial charge in [-0.25, -0.2) is 0 Å². The summed E-state index contributed by atoms with van der Waals surface area (Å²) >= 11 is 0. The van der Waals surface area contributed by atoms with Crippen molar-refractivity contribution >= 4 is 5.97 Å². The molecule has 0 amide bonds. The van der Waals surface area contributed by atoms with Crippen LogP contribution in [0.3, 0.4) is 0 Å². The van der Waals surface area contributed by atoms with Crippen LogP contribution in [0.5, 0.6) is 0 Å². The molecule has 0 bridgehead atoms. The lowest BCUT2D eigenvalue weighted by molar-refractivity contribution is -0.157. The van der Waals surface area contributed by atoms with Gasteiger partial charge < -0.3 is 4.74 Å². The fourth-order valence-electron chi connectivity index (χ4n) is 5.91. The van der Waals surface area contributed by atoms with Crippen molar-refractivity contribution in [3.63, 3.8) is 0 Å². The molecule has 2 heteroatoms. The van der Waals surface area contributed by atoms with Crippen molar-refractivity contribution < 1.29 is 9.53 Å². The minimum absolute atomic E-state index is 0.00401. The molecule has 0 heterocycles. The van der Waals surface area contributed by atoms with Crippen molar-refractivity contribution in [3.8, 4) is 0 Å². The highest BCUT2D eigenvalue weighted by Gasteiger charge is 2.42.